The van der Waals surface area contributed by atoms with E-state index in [-0.39, 0.29) is 23.3 Å². The Hall–Kier alpha value is -0.501. The Morgan fingerprint density at radius 3 is 2.14 bits per heavy atom. The van der Waals surface area contributed by atoms with Crippen molar-refractivity contribution in [1.29, 1.82) is 0 Å². The fourth-order valence-electron chi connectivity index (χ4n) is 2.21. The molecule has 3 aliphatic rings. The number of benzene rings is 1. The predicted molar refractivity (Wildman–Crippen MR) is 80.6 cm³/mol. The van der Waals surface area contributed by atoms with E-state index in [4.69, 9.17) is 4.74 Å². The van der Waals surface area contributed by atoms with E-state index < -0.39 is 0 Å². The fraction of sp³-hybridized carbons (Fsp3) is 0.111. The Labute approximate surface area is 139 Å². The maximum Gasteiger partial charge on any atom is 2.00 e. The molecule has 2 nitrogen and oxygen atoms in total. The molecule has 4 rings (SSSR count). The number of hydrogen-bond acceptors (Lipinski definition) is 2. The van der Waals surface area contributed by atoms with Crippen molar-refractivity contribution in [2.75, 3.05) is 5.32 Å². The van der Waals surface area contributed by atoms with Gasteiger partial charge in [-0.15, -0.1) is 0 Å². The minimum absolute atomic E-state index is 0. The van der Waals surface area contributed by atoms with Crippen LogP contribution in [0.1, 0.15) is 5.56 Å². The van der Waals surface area contributed by atoms with E-state index >= 15 is 0 Å². The van der Waals surface area contributed by atoms with Crippen LogP contribution in [0.25, 0.3) is 0 Å². The van der Waals surface area contributed by atoms with Crippen LogP contribution in [-0.4, -0.2) is 6.23 Å². The van der Waals surface area contributed by atoms with Gasteiger partial charge in [-0.1, -0.05) is 18.2 Å². The third-order valence-electron chi connectivity index (χ3n) is 3.26. The molecule has 21 heavy (non-hydrogen) atoms. The Morgan fingerprint density at radius 1 is 0.857 bits per heavy atom. The van der Waals surface area contributed by atoms with Crippen LogP contribution in [0.3, 0.4) is 0 Å². The molecular weight excluding hydrogens is 302 g/mol. The summed E-state index contributed by atoms with van der Waals surface area (Å²) in [5, 5.41) is 3.38. The summed E-state index contributed by atoms with van der Waals surface area (Å²) in [7, 11) is 0. The predicted octanol–water partition coefficient (Wildman–Crippen LogP) is 3.38. The molecule has 0 spiro atoms. The van der Waals surface area contributed by atoms with Crippen LogP contribution < -0.4 is 5.32 Å². The Balaban J connectivity index is 0.000000231. The van der Waals surface area contributed by atoms with E-state index in [0.717, 1.165) is 0 Å². The average Bonchev–Trinajstić information content (AvgIpc) is 3.22. The molecule has 1 N–H and O–H groups in total. The molecule has 1 unspecified atom stereocenters. The Bertz CT molecular complexity index is 406. The second kappa shape index (κ2) is 8.82. The molecule has 1 heterocycles. The first-order valence-electron chi connectivity index (χ1n) is 6.78. The molecule has 106 valence electrons. The first-order chi connectivity index (χ1) is 9.93. The zero-order valence-electron chi connectivity index (χ0n) is 11.6. The molecule has 0 aromatic heterocycles. The number of ether oxygens (including phenoxy) is 1. The van der Waals surface area contributed by atoms with Gasteiger partial charge in [-0.25, -0.2) is 0 Å². The molecule has 2 saturated carbocycles. The van der Waals surface area contributed by atoms with Crippen LogP contribution in [0.15, 0.2) is 24.3 Å². The van der Waals surface area contributed by atoms with Crippen LogP contribution >= 0.6 is 0 Å². The zero-order chi connectivity index (χ0) is 13.6. The van der Waals surface area contributed by atoms with Crippen LogP contribution in [0.5, 0.6) is 0 Å². The largest absolute Gasteiger partial charge is 2.00 e. The molecule has 3 heteroatoms. The van der Waals surface area contributed by atoms with Gasteiger partial charge < -0.3 is 10.1 Å². The smallest absolute Gasteiger partial charge is 0.359 e. The third kappa shape index (κ3) is 4.74. The first-order valence-corrected chi connectivity index (χ1v) is 6.78. The number of rotatable bonds is 1. The number of nitrogens with one attached hydrogen (secondary N) is 1. The molecule has 0 bridgehead atoms. The van der Waals surface area contributed by atoms with Gasteiger partial charge in [-0.2, -0.15) is 0 Å². The molecule has 10 radical (unpaired) electrons. The van der Waals surface area contributed by atoms with Crippen molar-refractivity contribution >= 4 is 5.69 Å². The van der Waals surface area contributed by atoms with Gasteiger partial charge in [0.2, 0.25) is 0 Å². The summed E-state index contributed by atoms with van der Waals surface area (Å²) >= 11 is 0. The van der Waals surface area contributed by atoms with Gasteiger partial charge in [0, 0.05) is 17.2 Å². The number of para-hydroxylation sites is 1. The van der Waals surface area contributed by atoms with Crippen LogP contribution in [0, 0.1) is 63.7 Å². The van der Waals surface area contributed by atoms with Crippen molar-refractivity contribution in [3.05, 3.63) is 93.5 Å². The van der Waals surface area contributed by atoms with Gasteiger partial charge >= 0.3 is 17.1 Å². The molecule has 1 aromatic rings. The molecule has 2 fully saturated rings. The summed E-state index contributed by atoms with van der Waals surface area (Å²) in [5.41, 5.74) is 2.40. The maximum absolute atomic E-state index is 5.74. The molecule has 2 aliphatic carbocycles. The summed E-state index contributed by atoms with van der Waals surface area (Å²) in [6.07, 6.45) is 18.2. The van der Waals surface area contributed by atoms with E-state index in [1.807, 2.05) is 57.1 Å². The molecule has 0 saturated heterocycles. The van der Waals surface area contributed by atoms with Gasteiger partial charge in [-0.3, -0.25) is 0 Å². The molecule has 1 atom stereocenters. The maximum atomic E-state index is 5.74. The monoisotopic (exact) mass is 319 g/mol. The summed E-state index contributed by atoms with van der Waals surface area (Å²) < 4.78 is 5.74. The molecule has 0 amide bonds. The average molecular weight is 319 g/mol. The van der Waals surface area contributed by atoms with Crippen molar-refractivity contribution in [3.63, 3.8) is 0 Å². The van der Waals surface area contributed by atoms with E-state index in [1.54, 1.807) is 0 Å². The van der Waals surface area contributed by atoms with Crippen LogP contribution in [-0.2, 0) is 28.4 Å². The van der Waals surface area contributed by atoms with E-state index in [9.17, 15) is 0 Å². The van der Waals surface area contributed by atoms with Crippen molar-refractivity contribution in [3.8, 4) is 0 Å². The number of fused-ring (bicyclic) bond motifs is 1. The SMILES string of the molecule is [CH]1[CH][CH][CH][CH]1.[CH]1[CH][CH][C](C2Nc3ccccc3CO2)[CH]1.[Fe+2]. The van der Waals surface area contributed by atoms with Gasteiger partial charge in [-0.05, 0) is 63.9 Å². The zero-order valence-corrected chi connectivity index (χ0v) is 12.7. The Kier molecular flexibility index (Phi) is 7.09. The van der Waals surface area contributed by atoms with Gasteiger partial charge in [0.25, 0.3) is 0 Å². The van der Waals surface area contributed by atoms with E-state index in [1.165, 1.54) is 17.2 Å². The second-order valence-corrected chi connectivity index (χ2v) is 4.67. The topological polar surface area (TPSA) is 21.3 Å². The van der Waals surface area contributed by atoms with Crippen LogP contribution in [0.4, 0.5) is 5.69 Å². The number of hydrogen-bond donors (Lipinski definition) is 1. The van der Waals surface area contributed by atoms with Gasteiger partial charge in [0.15, 0.2) is 0 Å². The van der Waals surface area contributed by atoms with E-state index in [2.05, 4.69) is 30.3 Å². The van der Waals surface area contributed by atoms with Crippen molar-refractivity contribution in [1.82, 2.24) is 0 Å². The van der Waals surface area contributed by atoms with Gasteiger partial charge in [0.05, 0.1) is 6.61 Å². The Morgan fingerprint density at radius 2 is 1.48 bits per heavy atom. The van der Waals surface area contributed by atoms with Gasteiger partial charge in [0.1, 0.15) is 6.23 Å². The minimum atomic E-state index is -0.00472. The quantitative estimate of drug-likeness (QED) is 0.801. The fourth-order valence-corrected chi connectivity index (χ4v) is 2.21. The van der Waals surface area contributed by atoms with Crippen LogP contribution in [0.2, 0.25) is 0 Å². The van der Waals surface area contributed by atoms with E-state index in [0.29, 0.717) is 6.61 Å². The summed E-state index contributed by atoms with van der Waals surface area (Å²) in [6.45, 7) is 0.680. The first kappa shape index (κ1) is 16.9. The number of anilines is 1. The minimum Gasteiger partial charge on any atom is -0.359 e. The third-order valence-corrected chi connectivity index (χ3v) is 3.26. The standard InChI is InChI=1S/C13H12NO.C5H5.Fe/c1-2-6-10(5-1)13-14-12-8-4-3-7-11(12)9-15-13;1-2-4-5-3-1;/h1-8,13-14H,9H2;1-5H;/q;;+2. The van der Waals surface area contributed by atoms with Crippen molar-refractivity contribution in [2.24, 2.45) is 0 Å². The normalized spacial score (nSPS) is 24.3. The van der Waals surface area contributed by atoms with Crippen molar-refractivity contribution in [2.45, 2.75) is 12.8 Å². The molecule has 1 aliphatic heterocycles. The summed E-state index contributed by atoms with van der Waals surface area (Å²) in [6, 6.07) is 8.25. The molecular formula is C18H17FeNO+2. The summed E-state index contributed by atoms with van der Waals surface area (Å²) in [4.78, 5) is 0. The second-order valence-electron chi connectivity index (χ2n) is 4.67. The van der Waals surface area contributed by atoms with Crippen molar-refractivity contribution < 1.29 is 21.8 Å². The molecule has 1 aromatic carbocycles. The summed E-state index contributed by atoms with van der Waals surface area (Å²) in [5.74, 6) is 1.18.